The summed E-state index contributed by atoms with van der Waals surface area (Å²) in [6.45, 7) is 1.67. The molecule has 4 nitrogen and oxygen atoms in total. The van der Waals surface area contributed by atoms with Crippen LogP contribution in [-0.2, 0) is 10.4 Å². The fraction of sp³-hybridized carbons (Fsp3) is 0.222. The van der Waals surface area contributed by atoms with Gasteiger partial charge in [0.05, 0.1) is 23.6 Å². The highest BCUT2D eigenvalue weighted by Crippen LogP contribution is 2.43. The topological polar surface area (TPSA) is 73.1 Å². The Morgan fingerprint density at radius 2 is 1.77 bits per heavy atom. The molecule has 22 heavy (non-hydrogen) atoms. The average Bonchev–Trinajstić information content (AvgIpc) is 2.53. The highest BCUT2D eigenvalue weighted by atomic mass is 16.3. The van der Waals surface area contributed by atoms with Gasteiger partial charge in [0.15, 0.2) is 0 Å². The minimum absolute atomic E-state index is 0.164. The van der Waals surface area contributed by atoms with Crippen molar-refractivity contribution in [3.8, 4) is 6.07 Å². The maximum Gasteiger partial charge on any atom is 0.229 e. The van der Waals surface area contributed by atoms with Gasteiger partial charge in [-0.1, -0.05) is 42.5 Å². The molecule has 0 radical (unpaired) electrons. The quantitative estimate of drug-likeness (QED) is 0.852. The molecule has 3 atom stereocenters. The van der Waals surface area contributed by atoms with Crippen LogP contribution in [0.3, 0.4) is 0 Å². The Morgan fingerprint density at radius 3 is 2.32 bits per heavy atom. The van der Waals surface area contributed by atoms with Gasteiger partial charge in [-0.3, -0.25) is 4.79 Å². The number of carbonyl (C=O) groups is 1. The van der Waals surface area contributed by atoms with E-state index in [9.17, 15) is 9.90 Å². The number of rotatable bonds is 3. The summed E-state index contributed by atoms with van der Waals surface area (Å²) < 4.78 is 0. The second kappa shape index (κ2) is 5.28. The molecule has 0 spiro atoms. The normalized spacial score (nSPS) is 22.9. The van der Waals surface area contributed by atoms with Crippen LogP contribution in [0.5, 0.6) is 0 Å². The number of nitrogens with zero attached hydrogens (tertiary/aromatic N) is 1. The van der Waals surface area contributed by atoms with Gasteiger partial charge in [-0.2, -0.15) is 5.26 Å². The monoisotopic (exact) mass is 292 g/mol. The molecule has 110 valence electrons. The summed E-state index contributed by atoms with van der Waals surface area (Å²) in [5.74, 6) is -0.717. The molecular formula is C18H16N2O2. The van der Waals surface area contributed by atoms with E-state index in [1.54, 1.807) is 19.1 Å². The molecule has 2 aromatic carbocycles. The highest BCUT2D eigenvalue weighted by molar-refractivity contribution is 5.87. The summed E-state index contributed by atoms with van der Waals surface area (Å²) in [6, 6.07) is 18.1. The molecule has 2 N–H and O–H groups in total. The third-order valence-electron chi connectivity index (χ3n) is 4.28. The number of benzene rings is 2. The first kappa shape index (κ1) is 14.3. The zero-order valence-electron chi connectivity index (χ0n) is 12.2. The Bertz CT molecular complexity index is 730. The molecule has 3 unspecified atom stereocenters. The van der Waals surface area contributed by atoms with Crippen molar-refractivity contribution < 1.29 is 9.90 Å². The van der Waals surface area contributed by atoms with Crippen molar-refractivity contribution in [2.75, 3.05) is 0 Å². The molecule has 4 heteroatoms. The highest BCUT2D eigenvalue weighted by Gasteiger charge is 2.51. The zero-order valence-corrected chi connectivity index (χ0v) is 12.2. The predicted octanol–water partition coefficient (Wildman–Crippen LogP) is 2.25. The molecule has 1 aliphatic rings. The van der Waals surface area contributed by atoms with Crippen molar-refractivity contribution in [3.63, 3.8) is 0 Å². The second-order valence-corrected chi connectivity index (χ2v) is 5.71. The van der Waals surface area contributed by atoms with Gasteiger partial charge in [-0.05, 0) is 30.2 Å². The average molecular weight is 292 g/mol. The minimum Gasteiger partial charge on any atom is -0.385 e. The van der Waals surface area contributed by atoms with Crippen LogP contribution in [0.2, 0.25) is 0 Å². The van der Waals surface area contributed by atoms with Crippen molar-refractivity contribution in [2.45, 2.75) is 18.6 Å². The molecular weight excluding hydrogens is 276 g/mol. The van der Waals surface area contributed by atoms with Gasteiger partial charge < -0.3 is 10.4 Å². The van der Waals surface area contributed by atoms with E-state index >= 15 is 0 Å². The summed E-state index contributed by atoms with van der Waals surface area (Å²) >= 11 is 0. The van der Waals surface area contributed by atoms with Gasteiger partial charge in [0.2, 0.25) is 5.91 Å². The Hall–Kier alpha value is -2.64. The van der Waals surface area contributed by atoms with Crippen LogP contribution in [0.15, 0.2) is 54.6 Å². The standard InChI is InChI=1S/C18H16N2O2/c1-18(22,14-5-3-2-4-6-14)15-16(20-17(15)21)13-9-7-12(11-19)8-10-13/h2-10,15-16,22H,1H3,(H,20,21). The van der Waals surface area contributed by atoms with E-state index in [-0.39, 0.29) is 11.9 Å². The molecule has 0 aliphatic carbocycles. The van der Waals surface area contributed by atoms with Crippen LogP contribution < -0.4 is 5.32 Å². The summed E-state index contributed by atoms with van der Waals surface area (Å²) in [6.07, 6.45) is 0. The molecule has 0 aromatic heterocycles. The van der Waals surface area contributed by atoms with Crippen LogP contribution in [0.4, 0.5) is 0 Å². The lowest BCUT2D eigenvalue weighted by Crippen LogP contribution is -2.59. The van der Waals surface area contributed by atoms with Gasteiger partial charge in [0.25, 0.3) is 0 Å². The minimum atomic E-state index is -1.25. The largest absolute Gasteiger partial charge is 0.385 e. The molecule has 0 saturated carbocycles. The summed E-state index contributed by atoms with van der Waals surface area (Å²) in [5, 5.41) is 22.6. The van der Waals surface area contributed by atoms with Gasteiger partial charge in [-0.25, -0.2) is 0 Å². The van der Waals surface area contributed by atoms with Crippen molar-refractivity contribution in [2.24, 2.45) is 5.92 Å². The number of hydrogen-bond acceptors (Lipinski definition) is 3. The van der Waals surface area contributed by atoms with E-state index < -0.39 is 11.5 Å². The molecule has 1 aliphatic heterocycles. The number of carbonyl (C=O) groups excluding carboxylic acids is 1. The summed E-state index contributed by atoms with van der Waals surface area (Å²) in [4.78, 5) is 12.0. The van der Waals surface area contributed by atoms with Gasteiger partial charge in [0.1, 0.15) is 5.60 Å². The van der Waals surface area contributed by atoms with Crippen molar-refractivity contribution in [3.05, 3.63) is 71.3 Å². The lowest BCUT2D eigenvalue weighted by atomic mass is 9.71. The van der Waals surface area contributed by atoms with Crippen molar-refractivity contribution in [1.29, 1.82) is 5.26 Å². The number of hydrogen-bond donors (Lipinski definition) is 2. The molecule has 0 bridgehead atoms. The Balaban J connectivity index is 1.92. The van der Waals surface area contributed by atoms with E-state index in [2.05, 4.69) is 11.4 Å². The number of β-lactam (4-membered cyclic amide) rings is 1. The predicted molar refractivity (Wildman–Crippen MR) is 81.5 cm³/mol. The van der Waals surface area contributed by atoms with Gasteiger partial charge >= 0.3 is 0 Å². The number of amides is 1. The van der Waals surface area contributed by atoms with Gasteiger partial charge in [-0.15, -0.1) is 0 Å². The molecule has 2 aromatic rings. The first-order valence-corrected chi connectivity index (χ1v) is 7.12. The molecule has 1 heterocycles. The zero-order chi connectivity index (χ0) is 15.7. The fourth-order valence-corrected chi connectivity index (χ4v) is 2.96. The number of nitriles is 1. The lowest BCUT2D eigenvalue weighted by molar-refractivity contribution is -0.151. The first-order valence-electron chi connectivity index (χ1n) is 7.12. The van der Waals surface area contributed by atoms with E-state index in [0.717, 1.165) is 5.56 Å². The second-order valence-electron chi connectivity index (χ2n) is 5.71. The SMILES string of the molecule is CC(O)(c1ccccc1)C1C(=O)NC1c1ccc(C#N)cc1. The van der Waals surface area contributed by atoms with Crippen LogP contribution in [0, 0.1) is 17.2 Å². The Morgan fingerprint density at radius 1 is 1.14 bits per heavy atom. The van der Waals surface area contributed by atoms with Crippen LogP contribution in [0.25, 0.3) is 0 Å². The maximum atomic E-state index is 12.0. The van der Waals surface area contributed by atoms with Crippen LogP contribution >= 0.6 is 0 Å². The third kappa shape index (κ3) is 2.26. The van der Waals surface area contributed by atoms with Crippen LogP contribution in [-0.4, -0.2) is 11.0 Å². The van der Waals surface area contributed by atoms with E-state index in [0.29, 0.717) is 11.1 Å². The molecule has 1 fully saturated rings. The van der Waals surface area contributed by atoms with Crippen molar-refractivity contribution in [1.82, 2.24) is 5.32 Å². The van der Waals surface area contributed by atoms with Crippen molar-refractivity contribution >= 4 is 5.91 Å². The Kier molecular flexibility index (Phi) is 3.44. The summed E-state index contributed by atoms with van der Waals surface area (Å²) in [5.41, 5.74) is 0.927. The van der Waals surface area contributed by atoms with E-state index in [1.807, 2.05) is 42.5 Å². The fourth-order valence-electron chi connectivity index (χ4n) is 2.96. The lowest BCUT2D eigenvalue weighted by Gasteiger charge is -2.45. The van der Waals surface area contributed by atoms with E-state index in [4.69, 9.17) is 5.26 Å². The molecule has 3 rings (SSSR count). The van der Waals surface area contributed by atoms with Gasteiger partial charge in [0, 0.05) is 0 Å². The maximum absolute atomic E-state index is 12.0. The van der Waals surface area contributed by atoms with Crippen LogP contribution in [0.1, 0.15) is 29.7 Å². The molecule has 1 saturated heterocycles. The smallest absolute Gasteiger partial charge is 0.229 e. The number of aliphatic hydroxyl groups is 1. The molecule has 1 amide bonds. The van der Waals surface area contributed by atoms with E-state index in [1.165, 1.54) is 0 Å². The summed E-state index contributed by atoms with van der Waals surface area (Å²) in [7, 11) is 0. The Labute approximate surface area is 129 Å². The third-order valence-corrected chi connectivity index (χ3v) is 4.28. The first-order chi connectivity index (χ1) is 10.5. The number of nitrogens with one attached hydrogen (secondary N) is 1.